The van der Waals surface area contributed by atoms with Crippen LogP contribution in [0.25, 0.3) is 17.2 Å². The summed E-state index contributed by atoms with van der Waals surface area (Å²) in [6.07, 6.45) is 3.44. The van der Waals surface area contributed by atoms with E-state index in [4.69, 9.17) is 13.9 Å². The van der Waals surface area contributed by atoms with Gasteiger partial charge in [-0.25, -0.2) is 4.98 Å². The Labute approximate surface area is 190 Å². The Balaban J connectivity index is 1.70. The number of methoxy groups -OCH3 is 2. The molecular formula is C25H23FN2O5. The van der Waals surface area contributed by atoms with E-state index in [2.05, 4.69) is 10.3 Å². The third kappa shape index (κ3) is 4.45. The Morgan fingerprint density at radius 3 is 2.58 bits per heavy atom. The minimum atomic E-state index is -0.621. The topological polar surface area (TPSA) is 93.8 Å². The highest BCUT2D eigenvalue weighted by atomic mass is 19.1. The number of hydrogen-bond donors (Lipinski definition) is 2. The molecule has 3 aromatic rings. The number of nitrogens with one attached hydrogen (secondary N) is 1. The Hall–Kier alpha value is -4.07. The van der Waals surface area contributed by atoms with Crippen LogP contribution in [0, 0.1) is 5.95 Å². The normalized spacial score (nSPS) is 13.9. The number of nitrogens with zero attached hydrogens (tertiary/aromatic N) is 1. The first-order valence-corrected chi connectivity index (χ1v) is 10.2. The average Bonchev–Trinajstić information content (AvgIpc) is 3.41. The molecule has 0 saturated heterocycles. The van der Waals surface area contributed by atoms with Gasteiger partial charge in [-0.2, -0.15) is 4.39 Å². The Morgan fingerprint density at radius 1 is 1.21 bits per heavy atom. The maximum atomic E-state index is 14.0. The van der Waals surface area contributed by atoms with Crippen LogP contribution in [0.3, 0.4) is 0 Å². The lowest BCUT2D eigenvalue weighted by molar-refractivity contribution is -0.120. The highest BCUT2D eigenvalue weighted by molar-refractivity contribution is 6.07. The van der Waals surface area contributed by atoms with Crippen LogP contribution in [-0.2, 0) is 11.3 Å². The van der Waals surface area contributed by atoms with Gasteiger partial charge in [0.1, 0.15) is 5.76 Å². The van der Waals surface area contributed by atoms with Gasteiger partial charge < -0.3 is 24.3 Å². The second kappa shape index (κ2) is 9.20. The van der Waals surface area contributed by atoms with Gasteiger partial charge in [-0.05, 0) is 71.7 Å². The zero-order valence-corrected chi connectivity index (χ0v) is 18.4. The number of carbonyl (C=O) groups excluding carboxylic acids is 1. The lowest BCUT2D eigenvalue weighted by Gasteiger charge is -2.10. The maximum Gasteiger partial charge on any atom is 0.224 e. The molecule has 7 nitrogen and oxygen atoms in total. The van der Waals surface area contributed by atoms with Gasteiger partial charge in [0.25, 0.3) is 0 Å². The van der Waals surface area contributed by atoms with Crippen molar-refractivity contribution >= 4 is 23.1 Å². The highest BCUT2D eigenvalue weighted by Crippen LogP contribution is 2.44. The molecule has 0 aliphatic heterocycles. The van der Waals surface area contributed by atoms with Gasteiger partial charge in [-0.1, -0.05) is 0 Å². The fraction of sp³-hybridized carbons (Fsp3) is 0.200. The fourth-order valence-electron chi connectivity index (χ4n) is 3.81. The van der Waals surface area contributed by atoms with Crippen molar-refractivity contribution in [1.29, 1.82) is 0 Å². The van der Waals surface area contributed by atoms with Crippen LogP contribution in [-0.4, -0.2) is 30.2 Å². The molecule has 4 rings (SSSR count). The molecular weight excluding hydrogens is 427 g/mol. The van der Waals surface area contributed by atoms with Crippen LogP contribution in [0.4, 0.5) is 4.39 Å². The van der Waals surface area contributed by atoms with Crippen LogP contribution in [0.15, 0.2) is 52.7 Å². The van der Waals surface area contributed by atoms with Crippen molar-refractivity contribution in [3.63, 3.8) is 0 Å². The van der Waals surface area contributed by atoms with Gasteiger partial charge in [0, 0.05) is 5.56 Å². The smallest absolute Gasteiger partial charge is 0.224 e. The van der Waals surface area contributed by atoms with Crippen LogP contribution in [0.2, 0.25) is 0 Å². The SMILES string of the molecule is COc1cc(/C=C2/C(C)=C(CC(=O)NCc3ccco3)c3nc(F)ccc32)cc(OC)c1O. The lowest BCUT2D eigenvalue weighted by atomic mass is 10.0. The van der Waals surface area contributed by atoms with Crippen LogP contribution in [0.1, 0.15) is 35.9 Å². The zero-order valence-electron chi connectivity index (χ0n) is 18.4. The van der Waals surface area contributed by atoms with Crippen molar-refractivity contribution in [2.24, 2.45) is 0 Å². The molecule has 0 saturated carbocycles. The first-order valence-electron chi connectivity index (χ1n) is 10.2. The van der Waals surface area contributed by atoms with Gasteiger partial charge in [0.2, 0.25) is 17.6 Å². The second-order valence-corrected chi connectivity index (χ2v) is 7.50. The number of phenols is 1. The van der Waals surface area contributed by atoms with E-state index in [-0.39, 0.29) is 36.1 Å². The molecule has 0 radical (unpaired) electrons. The number of furan rings is 1. The van der Waals surface area contributed by atoms with Crippen molar-refractivity contribution in [1.82, 2.24) is 10.3 Å². The molecule has 1 aromatic carbocycles. The zero-order chi connectivity index (χ0) is 23.5. The molecule has 2 N–H and O–H groups in total. The quantitative estimate of drug-likeness (QED) is 0.512. The Morgan fingerprint density at radius 2 is 1.94 bits per heavy atom. The molecule has 0 atom stereocenters. The number of aromatic nitrogens is 1. The van der Waals surface area contributed by atoms with E-state index in [0.29, 0.717) is 28.2 Å². The van der Waals surface area contributed by atoms with E-state index in [1.165, 1.54) is 20.3 Å². The predicted molar refractivity (Wildman–Crippen MR) is 121 cm³/mol. The third-order valence-electron chi connectivity index (χ3n) is 5.48. The summed E-state index contributed by atoms with van der Waals surface area (Å²) in [7, 11) is 2.90. The van der Waals surface area contributed by atoms with Crippen molar-refractivity contribution in [2.75, 3.05) is 14.2 Å². The molecule has 0 unspecified atom stereocenters. The number of aromatic hydroxyl groups is 1. The molecule has 8 heteroatoms. The number of phenolic OH excluding ortho intramolecular Hbond substituents is 1. The molecule has 0 fully saturated rings. The first-order chi connectivity index (χ1) is 15.9. The number of carbonyl (C=O) groups is 1. The number of allylic oxidation sites excluding steroid dienone is 2. The van der Waals surface area contributed by atoms with Crippen LogP contribution >= 0.6 is 0 Å². The highest BCUT2D eigenvalue weighted by Gasteiger charge is 2.27. The Kier molecular flexibility index (Phi) is 6.17. The van der Waals surface area contributed by atoms with Gasteiger partial charge in [-0.3, -0.25) is 4.79 Å². The van der Waals surface area contributed by atoms with E-state index in [9.17, 15) is 14.3 Å². The molecule has 1 amide bonds. The van der Waals surface area contributed by atoms with Crippen LogP contribution < -0.4 is 14.8 Å². The molecule has 1 aliphatic carbocycles. The van der Waals surface area contributed by atoms with E-state index >= 15 is 0 Å². The van der Waals surface area contributed by atoms with Gasteiger partial charge in [-0.15, -0.1) is 0 Å². The minimum absolute atomic E-state index is 0.0373. The summed E-state index contributed by atoms with van der Waals surface area (Å²) in [4.78, 5) is 16.7. The summed E-state index contributed by atoms with van der Waals surface area (Å²) < 4.78 is 29.7. The van der Waals surface area contributed by atoms with E-state index in [0.717, 1.165) is 11.1 Å². The van der Waals surface area contributed by atoms with Gasteiger partial charge >= 0.3 is 0 Å². The molecule has 1 aliphatic rings. The standard InChI is InChI=1S/C25H23FN2O5/c1-14-18(9-15-10-20(31-2)25(30)21(11-15)32-3)17-6-7-22(26)28-24(17)19(14)12-23(29)27-13-16-5-4-8-33-16/h4-11,30H,12-13H2,1-3H3,(H,27,29)/b18-9-. The molecule has 33 heavy (non-hydrogen) atoms. The largest absolute Gasteiger partial charge is 0.502 e. The molecule has 2 heterocycles. The van der Waals surface area contributed by atoms with E-state index < -0.39 is 5.95 Å². The number of hydrogen-bond acceptors (Lipinski definition) is 6. The third-order valence-corrected chi connectivity index (χ3v) is 5.48. The molecule has 0 spiro atoms. The lowest BCUT2D eigenvalue weighted by Crippen LogP contribution is -2.22. The maximum absolute atomic E-state index is 14.0. The average molecular weight is 450 g/mol. The van der Waals surface area contributed by atoms with Crippen molar-refractivity contribution in [2.45, 2.75) is 19.9 Å². The number of ether oxygens (including phenoxy) is 2. The van der Waals surface area contributed by atoms with E-state index in [1.54, 1.807) is 36.6 Å². The van der Waals surface area contributed by atoms with Crippen LogP contribution in [0.5, 0.6) is 17.2 Å². The van der Waals surface area contributed by atoms with Crippen molar-refractivity contribution in [3.8, 4) is 17.2 Å². The van der Waals surface area contributed by atoms with E-state index in [1.807, 2.05) is 13.0 Å². The summed E-state index contributed by atoms with van der Waals surface area (Å²) in [5.74, 6) is 0.211. The number of amides is 1. The molecule has 170 valence electrons. The van der Waals surface area contributed by atoms with Crippen molar-refractivity contribution in [3.05, 3.63) is 76.8 Å². The number of benzene rings is 1. The van der Waals surface area contributed by atoms with Gasteiger partial charge in [0.15, 0.2) is 11.5 Å². The Bertz CT molecular complexity index is 1240. The molecule has 0 bridgehead atoms. The second-order valence-electron chi connectivity index (χ2n) is 7.50. The number of rotatable bonds is 7. The first kappa shape index (κ1) is 22.1. The fourth-order valence-corrected chi connectivity index (χ4v) is 3.81. The summed E-state index contributed by atoms with van der Waals surface area (Å²) in [6, 6.07) is 9.80. The summed E-state index contributed by atoms with van der Waals surface area (Å²) >= 11 is 0. The summed E-state index contributed by atoms with van der Waals surface area (Å²) in [5, 5.41) is 13.0. The molecule has 2 aromatic heterocycles. The minimum Gasteiger partial charge on any atom is -0.502 e. The number of fused-ring (bicyclic) bond motifs is 1. The van der Waals surface area contributed by atoms with Gasteiger partial charge in [0.05, 0.1) is 39.1 Å². The monoisotopic (exact) mass is 450 g/mol. The summed E-state index contributed by atoms with van der Waals surface area (Å²) in [6.45, 7) is 2.13. The number of halogens is 1. The van der Waals surface area contributed by atoms with Crippen molar-refractivity contribution < 1.29 is 28.2 Å². The predicted octanol–water partition coefficient (Wildman–Crippen LogP) is 4.57. The summed E-state index contributed by atoms with van der Waals surface area (Å²) in [5.41, 5.74) is 4.10. The number of pyridine rings is 1.